The summed E-state index contributed by atoms with van der Waals surface area (Å²) in [4.78, 5) is 47.0. The topological polar surface area (TPSA) is 102 Å². The summed E-state index contributed by atoms with van der Waals surface area (Å²) in [6, 6.07) is 16.6. The highest BCUT2D eigenvalue weighted by molar-refractivity contribution is 6.00. The molecule has 2 amide bonds. The van der Waals surface area contributed by atoms with E-state index in [2.05, 4.69) is 22.4 Å². The van der Waals surface area contributed by atoms with Crippen LogP contribution in [-0.4, -0.2) is 59.8 Å². The zero-order chi connectivity index (χ0) is 27.2. The molecule has 0 bridgehead atoms. The van der Waals surface area contributed by atoms with Crippen LogP contribution in [0.2, 0.25) is 0 Å². The van der Waals surface area contributed by atoms with Gasteiger partial charge in [0.2, 0.25) is 17.6 Å². The maximum atomic E-state index is 14.0. The van der Waals surface area contributed by atoms with Crippen LogP contribution in [0.4, 0.5) is 0 Å². The molecule has 39 heavy (non-hydrogen) atoms. The lowest BCUT2D eigenvalue weighted by atomic mass is 9.80. The number of nitrogens with one attached hydrogen (secondary N) is 1. The number of hydrogen-bond donors (Lipinski definition) is 1. The Hall–Kier alpha value is -3.52. The minimum atomic E-state index is -0.770. The highest BCUT2D eigenvalue weighted by atomic mass is 16.5. The molecule has 1 aliphatic carbocycles. The summed E-state index contributed by atoms with van der Waals surface area (Å²) in [6.07, 6.45) is 4.10. The molecule has 3 aromatic rings. The van der Waals surface area contributed by atoms with Crippen molar-refractivity contribution in [2.75, 3.05) is 26.3 Å². The number of hydrogen-bond acceptors (Lipinski definition) is 6. The lowest BCUT2D eigenvalue weighted by Gasteiger charge is -2.32. The molecule has 1 aliphatic heterocycles. The minimum absolute atomic E-state index is 0.000999. The van der Waals surface area contributed by atoms with Crippen molar-refractivity contribution in [1.82, 2.24) is 15.2 Å². The third-order valence-electron chi connectivity index (χ3n) is 7.87. The zero-order valence-corrected chi connectivity index (χ0v) is 22.5. The van der Waals surface area contributed by atoms with Crippen molar-refractivity contribution in [3.63, 3.8) is 0 Å². The van der Waals surface area contributed by atoms with Gasteiger partial charge in [-0.25, -0.2) is 4.98 Å². The lowest BCUT2D eigenvalue weighted by Crippen LogP contribution is -2.48. The van der Waals surface area contributed by atoms with Crippen molar-refractivity contribution in [3.8, 4) is 0 Å². The second-order valence-electron chi connectivity index (χ2n) is 10.7. The van der Waals surface area contributed by atoms with Gasteiger partial charge < -0.3 is 19.4 Å². The predicted octanol–water partition coefficient (Wildman–Crippen LogP) is 4.43. The van der Waals surface area contributed by atoms with Gasteiger partial charge in [0.1, 0.15) is 5.52 Å². The van der Waals surface area contributed by atoms with E-state index in [-0.39, 0.29) is 35.8 Å². The van der Waals surface area contributed by atoms with Crippen LogP contribution in [0.3, 0.4) is 0 Å². The van der Waals surface area contributed by atoms with E-state index in [4.69, 9.17) is 9.15 Å². The molecule has 8 heteroatoms. The van der Waals surface area contributed by atoms with E-state index in [9.17, 15) is 14.4 Å². The normalized spacial score (nSPS) is 17.9. The summed E-state index contributed by atoms with van der Waals surface area (Å²) in [5.41, 5.74) is 2.29. The second-order valence-corrected chi connectivity index (χ2v) is 10.7. The fraction of sp³-hybridized carbons (Fsp3) is 0.484. The highest BCUT2D eigenvalue weighted by Gasteiger charge is 2.42. The number of para-hydroxylation sites is 2. The number of carbonyl (C=O) groups excluding carboxylic acids is 3. The van der Waals surface area contributed by atoms with Crippen LogP contribution in [-0.2, 0) is 20.7 Å². The highest BCUT2D eigenvalue weighted by Crippen LogP contribution is 2.43. The lowest BCUT2D eigenvalue weighted by molar-refractivity contribution is -0.141. The maximum Gasteiger partial charge on any atom is 0.266 e. The number of rotatable bonds is 12. The van der Waals surface area contributed by atoms with Crippen molar-refractivity contribution in [3.05, 3.63) is 66.1 Å². The largest absolute Gasteiger partial charge is 0.434 e. The Balaban J connectivity index is 1.38. The molecule has 2 aromatic carbocycles. The summed E-state index contributed by atoms with van der Waals surface area (Å²) < 4.78 is 11.2. The number of nitrogens with zero attached hydrogens (tertiary/aromatic N) is 2. The molecule has 1 aromatic heterocycles. The molecule has 8 nitrogen and oxygen atoms in total. The van der Waals surface area contributed by atoms with Gasteiger partial charge in [-0.05, 0) is 55.2 Å². The summed E-state index contributed by atoms with van der Waals surface area (Å²) >= 11 is 0. The van der Waals surface area contributed by atoms with Gasteiger partial charge in [0, 0.05) is 19.5 Å². The van der Waals surface area contributed by atoms with Gasteiger partial charge in [0.05, 0.1) is 25.2 Å². The Bertz CT molecular complexity index is 1250. The first-order chi connectivity index (χ1) is 19.0. The minimum Gasteiger partial charge on any atom is -0.434 e. The molecule has 2 unspecified atom stereocenters. The van der Waals surface area contributed by atoms with Crippen molar-refractivity contribution >= 4 is 28.7 Å². The van der Waals surface area contributed by atoms with E-state index in [1.807, 2.05) is 37.3 Å². The zero-order valence-electron chi connectivity index (χ0n) is 22.5. The molecule has 0 spiro atoms. The van der Waals surface area contributed by atoms with Gasteiger partial charge in [-0.15, -0.1) is 0 Å². The Morgan fingerprint density at radius 2 is 1.74 bits per heavy atom. The predicted molar refractivity (Wildman–Crippen MR) is 147 cm³/mol. The molecule has 3 atom stereocenters. The Labute approximate surface area is 229 Å². The summed E-state index contributed by atoms with van der Waals surface area (Å²) in [5, 5.41) is 3.03. The third kappa shape index (κ3) is 6.74. The van der Waals surface area contributed by atoms with E-state index in [1.165, 1.54) is 0 Å². The monoisotopic (exact) mass is 531 g/mol. The number of oxazole rings is 1. The Morgan fingerprint density at radius 3 is 2.44 bits per heavy atom. The first-order valence-corrected chi connectivity index (χ1v) is 14.1. The summed E-state index contributed by atoms with van der Waals surface area (Å²) in [7, 11) is 0. The molecule has 1 saturated heterocycles. The number of morpholine rings is 1. The maximum absolute atomic E-state index is 14.0. The summed E-state index contributed by atoms with van der Waals surface area (Å²) in [5.74, 6) is -0.759. The third-order valence-corrected chi connectivity index (χ3v) is 7.87. The number of fused-ring (bicyclic) bond motifs is 1. The fourth-order valence-electron chi connectivity index (χ4n) is 5.58. The summed E-state index contributed by atoms with van der Waals surface area (Å²) in [6.45, 7) is 4.07. The van der Waals surface area contributed by atoms with Gasteiger partial charge in [-0.2, -0.15) is 0 Å². The quantitative estimate of drug-likeness (QED) is 0.347. The van der Waals surface area contributed by atoms with Crippen molar-refractivity contribution in [2.24, 2.45) is 17.8 Å². The van der Waals surface area contributed by atoms with E-state index < -0.39 is 12.0 Å². The fourth-order valence-corrected chi connectivity index (χ4v) is 5.58. The van der Waals surface area contributed by atoms with Crippen molar-refractivity contribution in [1.29, 1.82) is 0 Å². The van der Waals surface area contributed by atoms with E-state index in [0.717, 1.165) is 24.8 Å². The number of benzene rings is 2. The Kier molecular flexibility index (Phi) is 8.71. The van der Waals surface area contributed by atoms with E-state index in [0.29, 0.717) is 56.2 Å². The van der Waals surface area contributed by atoms with Crippen LogP contribution < -0.4 is 5.32 Å². The number of carbonyl (C=O) groups is 3. The molecular formula is C31H37N3O5. The molecule has 2 fully saturated rings. The van der Waals surface area contributed by atoms with Crippen LogP contribution in [0.25, 0.3) is 11.1 Å². The standard InChI is InChI=1S/C31H37N3O5/c1-2-8-26(29(36)31-33-25-11-6-7-12-27(25)39-31)32-30(37)24(20-28(35)34-15-17-38-18-16-34)23(22-13-14-22)19-21-9-4-3-5-10-21/h3-7,9-12,22-24,26H,2,8,13-20H2,1H3,(H,32,37)/t23?,24?,26-/m0/s1. The molecular weight excluding hydrogens is 494 g/mol. The van der Waals surface area contributed by atoms with Crippen LogP contribution in [0.5, 0.6) is 0 Å². The smallest absolute Gasteiger partial charge is 0.266 e. The molecule has 0 radical (unpaired) electrons. The second kappa shape index (κ2) is 12.6. The first kappa shape index (κ1) is 27.1. The van der Waals surface area contributed by atoms with E-state index >= 15 is 0 Å². The average Bonchev–Trinajstić information content (AvgIpc) is 3.72. The number of ether oxygens (including phenoxy) is 1. The Morgan fingerprint density at radius 1 is 1.03 bits per heavy atom. The number of amides is 2. The number of ketones is 1. The van der Waals surface area contributed by atoms with Crippen LogP contribution in [0, 0.1) is 17.8 Å². The first-order valence-electron chi connectivity index (χ1n) is 14.1. The molecule has 2 heterocycles. The van der Waals surface area contributed by atoms with Gasteiger partial charge in [0.15, 0.2) is 5.58 Å². The van der Waals surface area contributed by atoms with Gasteiger partial charge in [-0.3, -0.25) is 14.4 Å². The van der Waals surface area contributed by atoms with Crippen LogP contribution >= 0.6 is 0 Å². The molecule has 1 saturated carbocycles. The average molecular weight is 532 g/mol. The van der Waals surface area contributed by atoms with E-state index in [1.54, 1.807) is 17.0 Å². The molecule has 5 rings (SSSR count). The van der Waals surface area contributed by atoms with Gasteiger partial charge >= 0.3 is 0 Å². The van der Waals surface area contributed by atoms with Crippen LogP contribution in [0.1, 0.15) is 55.3 Å². The van der Waals surface area contributed by atoms with Crippen molar-refractivity contribution < 1.29 is 23.5 Å². The number of aromatic nitrogens is 1. The number of Topliss-reactive ketones (excluding diaryl/α,β-unsaturated/α-hetero) is 1. The SMILES string of the molecule is CCC[C@H](NC(=O)C(CC(=O)N1CCOCC1)C(Cc1ccccc1)C1CC1)C(=O)c1nc2ccccc2o1. The van der Waals surface area contributed by atoms with Gasteiger partial charge in [-0.1, -0.05) is 55.8 Å². The van der Waals surface area contributed by atoms with Gasteiger partial charge in [0.25, 0.3) is 5.89 Å². The van der Waals surface area contributed by atoms with Crippen molar-refractivity contribution in [2.45, 2.75) is 51.5 Å². The van der Waals surface area contributed by atoms with Crippen LogP contribution in [0.15, 0.2) is 59.0 Å². The molecule has 206 valence electrons. The molecule has 1 N–H and O–H groups in total. The molecule has 2 aliphatic rings.